The van der Waals surface area contributed by atoms with Crippen LogP contribution in [0, 0.1) is 11.8 Å². The standard InChI is InChI=1S/C32H43N7O6/c1-32(2,3)45-31(43)33-21-9-7-20(8-10-21)29(41)38-13-11-19(12-14-38)26-25-27(36-35-26)22-5-4-6-23(24(22)28(25)40)34-30(42)37-39-15-17-44-18-16-39/h4-6,19-21,27H,7-18H2,1-3H3,(H,33,43)(H2,34,37,42). The molecule has 13 nitrogen and oxygen atoms in total. The van der Waals surface area contributed by atoms with Gasteiger partial charge < -0.3 is 25.0 Å². The predicted octanol–water partition coefficient (Wildman–Crippen LogP) is 4.33. The molecular weight excluding hydrogens is 578 g/mol. The molecule has 1 atom stereocenters. The first-order valence-electron chi connectivity index (χ1n) is 16.1. The molecule has 13 heteroatoms. The number of carbonyl (C=O) groups excluding carboxylic acids is 4. The predicted molar refractivity (Wildman–Crippen MR) is 164 cm³/mol. The van der Waals surface area contributed by atoms with Gasteiger partial charge in [-0.2, -0.15) is 10.2 Å². The molecule has 5 aliphatic rings. The van der Waals surface area contributed by atoms with Crippen molar-refractivity contribution in [1.29, 1.82) is 0 Å². The molecule has 1 aromatic rings. The van der Waals surface area contributed by atoms with Crippen LogP contribution in [0.25, 0.3) is 0 Å². The fourth-order valence-corrected chi connectivity index (χ4v) is 6.98. The number of nitrogens with zero attached hydrogens (tertiary/aromatic N) is 4. The van der Waals surface area contributed by atoms with Gasteiger partial charge in [-0.3, -0.25) is 15.0 Å². The molecule has 4 amide bonds. The number of ether oxygens (including phenoxy) is 2. The number of hydrogen-bond donors (Lipinski definition) is 3. The van der Waals surface area contributed by atoms with Gasteiger partial charge in [0.15, 0.2) is 5.78 Å². The van der Waals surface area contributed by atoms with Crippen molar-refractivity contribution in [2.75, 3.05) is 44.7 Å². The molecule has 45 heavy (non-hydrogen) atoms. The number of azo groups is 1. The van der Waals surface area contributed by atoms with Gasteiger partial charge in [0.1, 0.15) is 11.6 Å². The molecular formula is C32H43N7O6. The molecule has 3 N–H and O–H groups in total. The highest BCUT2D eigenvalue weighted by atomic mass is 16.6. The zero-order valence-corrected chi connectivity index (χ0v) is 26.3. The fourth-order valence-electron chi connectivity index (χ4n) is 6.98. The number of fused-ring (bicyclic) bond motifs is 3. The second-order valence-electron chi connectivity index (χ2n) is 13.5. The first-order valence-corrected chi connectivity index (χ1v) is 16.1. The Morgan fingerprint density at radius 3 is 2.38 bits per heavy atom. The highest BCUT2D eigenvalue weighted by molar-refractivity contribution is 6.19. The van der Waals surface area contributed by atoms with Gasteiger partial charge >= 0.3 is 12.1 Å². The number of rotatable bonds is 5. The summed E-state index contributed by atoms with van der Waals surface area (Å²) in [4.78, 5) is 54.0. The summed E-state index contributed by atoms with van der Waals surface area (Å²) in [5.41, 5.74) is 5.26. The summed E-state index contributed by atoms with van der Waals surface area (Å²) in [6.07, 6.45) is 3.98. The highest BCUT2D eigenvalue weighted by Gasteiger charge is 2.44. The summed E-state index contributed by atoms with van der Waals surface area (Å²) in [7, 11) is 0. The van der Waals surface area contributed by atoms with E-state index in [1.807, 2.05) is 37.8 Å². The zero-order chi connectivity index (χ0) is 31.7. The van der Waals surface area contributed by atoms with Gasteiger partial charge in [-0.15, -0.1) is 0 Å². The largest absolute Gasteiger partial charge is 0.444 e. The van der Waals surface area contributed by atoms with Crippen molar-refractivity contribution < 1.29 is 28.7 Å². The Morgan fingerprint density at radius 1 is 0.978 bits per heavy atom. The lowest BCUT2D eigenvalue weighted by molar-refractivity contribution is -0.138. The number of Topliss-reactive ketones (excluding diaryl/α,β-unsaturated/α-hetero) is 1. The number of piperidine rings is 1. The summed E-state index contributed by atoms with van der Waals surface area (Å²) < 4.78 is 10.7. The van der Waals surface area contributed by atoms with E-state index in [0.717, 1.165) is 31.2 Å². The van der Waals surface area contributed by atoms with E-state index in [2.05, 4.69) is 26.3 Å². The Morgan fingerprint density at radius 2 is 1.69 bits per heavy atom. The van der Waals surface area contributed by atoms with Crippen LogP contribution in [0.2, 0.25) is 0 Å². The normalized spacial score (nSPS) is 25.5. The van der Waals surface area contributed by atoms with E-state index in [4.69, 9.17) is 9.47 Å². The van der Waals surface area contributed by atoms with Crippen molar-refractivity contribution in [2.45, 2.75) is 77.0 Å². The number of amides is 4. The molecule has 6 rings (SSSR count). The van der Waals surface area contributed by atoms with Gasteiger partial charge in [0.25, 0.3) is 0 Å². The third kappa shape index (κ3) is 6.89. The van der Waals surface area contributed by atoms with Gasteiger partial charge in [-0.25, -0.2) is 14.6 Å². The average molecular weight is 622 g/mol. The number of likely N-dealkylation sites (tertiary alicyclic amines) is 1. The van der Waals surface area contributed by atoms with E-state index in [1.165, 1.54) is 0 Å². The van der Waals surface area contributed by atoms with Gasteiger partial charge in [-0.05, 0) is 70.9 Å². The van der Waals surface area contributed by atoms with Gasteiger partial charge in [-0.1, -0.05) is 12.1 Å². The molecule has 242 valence electrons. The smallest absolute Gasteiger partial charge is 0.407 e. The average Bonchev–Trinajstić information content (AvgIpc) is 3.57. The van der Waals surface area contributed by atoms with Crippen LogP contribution in [0.15, 0.2) is 39.7 Å². The molecule has 1 unspecified atom stereocenters. The van der Waals surface area contributed by atoms with Crippen LogP contribution in [-0.2, 0) is 14.3 Å². The van der Waals surface area contributed by atoms with Crippen LogP contribution in [0.4, 0.5) is 15.3 Å². The van der Waals surface area contributed by atoms with Crippen molar-refractivity contribution in [3.8, 4) is 0 Å². The molecule has 1 aromatic carbocycles. The molecule has 0 spiro atoms. The maximum Gasteiger partial charge on any atom is 0.407 e. The molecule has 3 fully saturated rings. The van der Waals surface area contributed by atoms with Crippen LogP contribution in [0.1, 0.15) is 81.3 Å². The number of benzene rings is 1. The van der Waals surface area contributed by atoms with E-state index in [0.29, 0.717) is 74.8 Å². The second-order valence-corrected chi connectivity index (χ2v) is 13.5. The number of anilines is 1. The van der Waals surface area contributed by atoms with E-state index >= 15 is 0 Å². The van der Waals surface area contributed by atoms with Crippen molar-refractivity contribution >= 4 is 29.5 Å². The summed E-state index contributed by atoms with van der Waals surface area (Å²) in [5, 5.41) is 16.6. The molecule has 0 bridgehead atoms. The maximum absolute atomic E-state index is 13.8. The summed E-state index contributed by atoms with van der Waals surface area (Å²) in [6, 6.07) is 4.58. The zero-order valence-electron chi connectivity index (χ0n) is 26.3. The van der Waals surface area contributed by atoms with E-state index in [1.54, 1.807) is 11.1 Å². The van der Waals surface area contributed by atoms with Crippen LogP contribution < -0.4 is 16.1 Å². The first-order chi connectivity index (χ1) is 21.6. The minimum atomic E-state index is -0.544. The van der Waals surface area contributed by atoms with Crippen LogP contribution >= 0.6 is 0 Å². The summed E-state index contributed by atoms with van der Waals surface area (Å²) in [6.45, 7) is 9.01. The number of ketones is 1. The summed E-state index contributed by atoms with van der Waals surface area (Å²) >= 11 is 0. The number of morpholine rings is 1. The Bertz CT molecular complexity index is 1400. The molecule has 0 aromatic heterocycles. The summed E-state index contributed by atoms with van der Waals surface area (Å²) in [5.74, 6) is 0.00893. The van der Waals surface area contributed by atoms with Crippen molar-refractivity contribution in [3.63, 3.8) is 0 Å². The minimum Gasteiger partial charge on any atom is -0.444 e. The van der Waals surface area contributed by atoms with Gasteiger partial charge in [0.2, 0.25) is 5.91 Å². The van der Waals surface area contributed by atoms with Crippen molar-refractivity contribution in [2.24, 2.45) is 22.1 Å². The van der Waals surface area contributed by atoms with E-state index < -0.39 is 23.8 Å². The van der Waals surface area contributed by atoms with Gasteiger partial charge in [0, 0.05) is 44.1 Å². The first kappa shape index (κ1) is 31.2. The number of allylic oxidation sites excluding steroid dienone is 1. The monoisotopic (exact) mass is 621 g/mol. The second kappa shape index (κ2) is 12.9. The quantitative estimate of drug-likeness (QED) is 0.442. The van der Waals surface area contributed by atoms with Crippen LogP contribution in [0.3, 0.4) is 0 Å². The van der Waals surface area contributed by atoms with Crippen molar-refractivity contribution in [3.05, 3.63) is 40.6 Å². The molecule has 1 saturated carbocycles. The number of carbonyl (C=O) groups is 4. The molecule has 3 aliphatic heterocycles. The molecule has 2 aliphatic carbocycles. The fraction of sp³-hybridized carbons (Fsp3) is 0.625. The van der Waals surface area contributed by atoms with Crippen LogP contribution in [0.5, 0.6) is 0 Å². The Labute approximate surface area is 263 Å². The third-order valence-corrected chi connectivity index (χ3v) is 9.20. The lowest BCUT2D eigenvalue weighted by Crippen LogP contribution is -2.49. The Hall–Kier alpha value is -3.84. The lowest BCUT2D eigenvalue weighted by Gasteiger charge is -2.36. The highest BCUT2D eigenvalue weighted by Crippen LogP contribution is 2.49. The Balaban J connectivity index is 1.03. The number of hydrazine groups is 1. The number of alkyl carbamates (subject to hydrolysis) is 1. The minimum absolute atomic E-state index is 0.0201. The lowest BCUT2D eigenvalue weighted by atomic mass is 9.84. The molecule has 3 heterocycles. The maximum atomic E-state index is 13.8. The van der Waals surface area contributed by atoms with E-state index in [-0.39, 0.29) is 29.6 Å². The van der Waals surface area contributed by atoms with Crippen LogP contribution in [-0.4, -0.2) is 84.8 Å². The molecule has 2 saturated heterocycles. The third-order valence-electron chi connectivity index (χ3n) is 9.20. The topological polar surface area (TPSA) is 154 Å². The SMILES string of the molecule is CC(C)(C)OC(=O)NC1CCC(C(=O)N2CCC(C3=C4C(=O)c5c(NC(=O)NN6CCOCC6)cccc5C4N=N3)CC2)CC1. The molecule has 0 radical (unpaired) electrons. The van der Waals surface area contributed by atoms with E-state index in [9.17, 15) is 19.2 Å². The number of urea groups is 1. The number of hydrogen-bond acceptors (Lipinski definition) is 9. The number of nitrogens with one attached hydrogen (secondary N) is 3. The van der Waals surface area contributed by atoms with Gasteiger partial charge in [0.05, 0.1) is 35.7 Å². The van der Waals surface area contributed by atoms with Crippen molar-refractivity contribution in [1.82, 2.24) is 20.7 Å². The Kier molecular flexibility index (Phi) is 8.91.